The van der Waals surface area contributed by atoms with Crippen LogP contribution in [-0.2, 0) is 9.59 Å². The Morgan fingerprint density at radius 2 is 1.88 bits per heavy atom. The molecule has 7 heteroatoms. The van der Waals surface area contributed by atoms with E-state index in [4.69, 9.17) is 13.9 Å². The predicted molar refractivity (Wildman–Crippen MR) is 123 cm³/mol. The lowest BCUT2D eigenvalue weighted by atomic mass is 9.98. The lowest BCUT2D eigenvalue weighted by Gasteiger charge is -2.23. The standard InChI is InChI=1S/C26H25NO6/c1-15(2)33-20-11-10-17(13-16(20)3)24(28)22-23(21-9-6-12-32-21)27(26(30)25(22)29)18-7-5-8-19(14-18)31-4/h5-15,23,28H,1-4H3/b24-22-. The zero-order valence-corrected chi connectivity index (χ0v) is 18.9. The van der Waals surface area contributed by atoms with Gasteiger partial charge in [0.25, 0.3) is 11.7 Å². The molecule has 0 aliphatic carbocycles. The topological polar surface area (TPSA) is 89.2 Å². The number of carbonyl (C=O) groups is 2. The maximum absolute atomic E-state index is 13.2. The number of aryl methyl sites for hydroxylation is 1. The molecule has 1 amide bonds. The Morgan fingerprint density at radius 1 is 1.09 bits per heavy atom. The molecule has 0 radical (unpaired) electrons. The summed E-state index contributed by atoms with van der Waals surface area (Å²) in [6.45, 7) is 5.71. The highest BCUT2D eigenvalue weighted by atomic mass is 16.5. The number of methoxy groups -OCH3 is 1. The first-order valence-electron chi connectivity index (χ1n) is 10.6. The zero-order valence-electron chi connectivity index (χ0n) is 18.9. The molecule has 1 unspecified atom stereocenters. The molecule has 2 aromatic carbocycles. The van der Waals surface area contributed by atoms with Crippen LogP contribution < -0.4 is 14.4 Å². The number of benzene rings is 2. The van der Waals surface area contributed by atoms with E-state index in [-0.39, 0.29) is 17.4 Å². The van der Waals surface area contributed by atoms with Gasteiger partial charge >= 0.3 is 0 Å². The number of carbonyl (C=O) groups excluding carboxylic acids is 2. The van der Waals surface area contributed by atoms with E-state index < -0.39 is 17.7 Å². The number of aliphatic hydroxyl groups excluding tert-OH is 1. The second kappa shape index (κ2) is 8.86. The first-order chi connectivity index (χ1) is 15.8. The van der Waals surface area contributed by atoms with Gasteiger partial charge in [-0.2, -0.15) is 0 Å². The molecule has 0 spiro atoms. The van der Waals surface area contributed by atoms with Gasteiger partial charge in [-0.15, -0.1) is 0 Å². The van der Waals surface area contributed by atoms with E-state index in [9.17, 15) is 14.7 Å². The highest BCUT2D eigenvalue weighted by molar-refractivity contribution is 6.51. The number of rotatable bonds is 6. The number of ketones is 1. The Kier molecular flexibility index (Phi) is 5.96. The van der Waals surface area contributed by atoms with Crippen LogP contribution in [-0.4, -0.2) is 30.0 Å². The third-order valence-electron chi connectivity index (χ3n) is 5.40. The summed E-state index contributed by atoms with van der Waals surface area (Å²) < 4.78 is 16.6. The van der Waals surface area contributed by atoms with Gasteiger partial charge in [0.1, 0.15) is 29.1 Å². The number of amides is 1. The molecular formula is C26H25NO6. The minimum Gasteiger partial charge on any atom is -0.507 e. The van der Waals surface area contributed by atoms with E-state index in [2.05, 4.69) is 0 Å². The molecule has 1 aliphatic heterocycles. The van der Waals surface area contributed by atoms with E-state index in [1.54, 1.807) is 54.6 Å². The average Bonchev–Trinajstić information content (AvgIpc) is 3.41. The van der Waals surface area contributed by atoms with Crippen LogP contribution in [0.3, 0.4) is 0 Å². The fraction of sp³-hybridized carbons (Fsp3) is 0.231. The lowest BCUT2D eigenvalue weighted by Crippen LogP contribution is -2.29. The van der Waals surface area contributed by atoms with Crippen LogP contribution in [0.25, 0.3) is 5.76 Å². The Morgan fingerprint density at radius 3 is 2.52 bits per heavy atom. The molecule has 1 atom stereocenters. The molecule has 1 N–H and O–H groups in total. The second-order valence-electron chi connectivity index (χ2n) is 8.03. The van der Waals surface area contributed by atoms with Crippen molar-refractivity contribution in [1.82, 2.24) is 0 Å². The van der Waals surface area contributed by atoms with Gasteiger partial charge in [0, 0.05) is 17.3 Å². The molecule has 0 bridgehead atoms. The van der Waals surface area contributed by atoms with Crippen LogP contribution in [0.1, 0.15) is 36.8 Å². The third kappa shape index (κ3) is 4.09. The molecule has 1 fully saturated rings. The summed E-state index contributed by atoms with van der Waals surface area (Å²) in [5.41, 5.74) is 1.61. The highest BCUT2D eigenvalue weighted by Crippen LogP contribution is 2.43. The van der Waals surface area contributed by atoms with Crippen LogP contribution in [0.2, 0.25) is 0 Å². The molecular weight excluding hydrogens is 422 g/mol. The van der Waals surface area contributed by atoms with Crippen LogP contribution in [0, 0.1) is 6.92 Å². The summed E-state index contributed by atoms with van der Waals surface area (Å²) in [5, 5.41) is 11.2. The molecule has 1 aliphatic rings. The van der Waals surface area contributed by atoms with E-state index in [0.717, 1.165) is 5.56 Å². The van der Waals surface area contributed by atoms with Gasteiger partial charge in [-0.3, -0.25) is 14.5 Å². The first kappa shape index (κ1) is 22.2. The van der Waals surface area contributed by atoms with Crippen molar-refractivity contribution in [2.75, 3.05) is 12.0 Å². The van der Waals surface area contributed by atoms with Crippen LogP contribution >= 0.6 is 0 Å². The van der Waals surface area contributed by atoms with Crippen molar-refractivity contribution in [2.24, 2.45) is 0 Å². The Labute approximate surface area is 191 Å². The van der Waals surface area contributed by atoms with Gasteiger partial charge in [0.05, 0.1) is 25.1 Å². The summed E-state index contributed by atoms with van der Waals surface area (Å²) in [6.07, 6.45) is 1.46. The molecule has 1 aromatic heterocycles. The maximum atomic E-state index is 13.2. The van der Waals surface area contributed by atoms with Gasteiger partial charge in [-0.25, -0.2) is 0 Å². The molecule has 3 aromatic rings. The fourth-order valence-electron chi connectivity index (χ4n) is 3.91. The summed E-state index contributed by atoms with van der Waals surface area (Å²) >= 11 is 0. The van der Waals surface area contributed by atoms with Crippen molar-refractivity contribution in [1.29, 1.82) is 0 Å². The van der Waals surface area contributed by atoms with Crippen molar-refractivity contribution in [3.63, 3.8) is 0 Å². The van der Waals surface area contributed by atoms with Crippen molar-refractivity contribution >= 4 is 23.1 Å². The van der Waals surface area contributed by atoms with Crippen LogP contribution in [0.4, 0.5) is 5.69 Å². The molecule has 7 nitrogen and oxygen atoms in total. The quantitative estimate of drug-likeness (QED) is 0.325. The average molecular weight is 447 g/mol. The SMILES string of the molecule is COc1cccc(N2C(=O)C(=O)/C(=C(\O)c3ccc(OC(C)C)c(C)c3)C2c2ccco2)c1. The van der Waals surface area contributed by atoms with Crippen molar-refractivity contribution in [2.45, 2.75) is 32.9 Å². The molecule has 1 saturated heterocycles. The number of nitrogens with zero attached hydrogens (tertiary/aromatic N) is 1. The zero-order chi connectivity index (χ0) is 23.7. The highest BCUT2D eigenvalue weighted by Gasteiger charge is 2.48. The van der Waals surface area contributed by atoms with Gasteiger partial charge in [0.2, 0.25) is 0 Å². The number of furan rings is 1. The van der Waals surface area contributed by atoms with E-state index in [0.29, 0.717) is 28.5 Å². The number of hydrogen-bond acceptors (Lipinski definition) is 6. The van der Waals surface area contributed by atoms with E-state index in [1.165, 1.54) is 18.3 Å². The van der Waals surface area contributed by atoms with Crippen LogP contribution in [0.15, 0.2) is 70.9 Å². The first-order valence-corrected chi connectivity index (χ1v) is 10.6. The summed E-state index contributed by atoms with van der Waals surface area (Å²) in [7, 11) is 1.52. The Hall–Kier alpha value is -4.00. The lowest BCUT2D eigenvalue weighted by molar-refractivity contribution is -0.132. The summed E-state index contributed by atoms with van der Waals surface area (Å²) in [6, 6.07) is 14.4. The monoisotopic (exact) mass is 447 g/mol. The fourth-order valence-corrected chi connectivity index (χ4v) is 3.91. The Bertz CT molecular complexity index is 1230. The number of aliphatic hydroxyl groups is 1. The van der Waals surface area contributed by atoms with Gasteiger partial charge in [0.15, 0.2) is 0 Å². The van der Waals surface area contributed by atoms with Crippen molar-refractivity contribution in [3.8, 4) is 11.5 Å². The Balaban J connectivity index is 1.86. The van der Waals surface area contributed by atoms with Crippen LogP contribution in [0.5, 0.6) is 11.5 Å². The number of anilines is 1. The summed E-state index contributed by atoms with van der Waals surface area (Å²) in [4.78, 5) is 27.6. The summed E-state index contributed by atoms with van der Waals surface area (Å²) in [5.74, 6) is -0.265. The normalized spacial score (nSPS) is 17.6. The van der Waals surface area contributed by atoms with E-state index in [1.807, 2.05) is 20.8 Å². The smallest absolute Gasteiger partial charge is 0.300 e. The van der Waals surface area contributed by atoms with Crippen molar-refractivity contribution in [3.05, 3.63) is 83.3 Å². The molecule has 2 heterocycles. The molecule has 33 heavy (non-hydrogen) atoms. The molecule has 0 saturated carbocycles. The van der Waals surface area contributed by atoms with Crippen molar-refractivity contribution < 1.29 is 28.6 Å². The van der Waals surface area contributed by atoms with Gasteiger partial charge < -0.3 is 19.0 Å². The number of Topliss-reactive ketones (excluding diaryl/α,β-unsaturated/α-hetero) is 1. The largest absolute Gasteiger partial charge is 0.507 e. The van der Waals surface area contributed by atoms with Gasteiger partial charge in [-0.1, -0.05) is 6.07 Å². The minimum atomic E-state index is -0.931. The second-order valence-corrected chi connectivity index (χ2v) is 8.03. The number of hydrogen-bond donors (Lipinski definition) is 1. The maximum Gasteiger partial charge on any atom is 0.300 e. The van der Waals surface area contributed by atoms with E-state index >= 15 is 0 Å². The predicted octanol–water partition coefficient (Wildman–Crippen LogP) is 5.01. The van der Waals surface area contributed by atoms with Gasteiger partial charge in [-0.05, 0) is 68.8 Å². The minimum absolute atomic E-state index is 0.00436. The molecule has 170 valence electrons. The third-order valence-corrected chi connectivity index (χ3v) is 5.40. The molecule has 4 rings (SSSR count). The number of ether oxygens (including phenoxy) is 2.